The Labute approximate surface area is 87.5 Å². The highest BCUT2D eigenvalue weighted by Gasteiger charge is 2.10. The Kier molecular flexibility index (Phi) is 3.70. The minimum absolute atomic E-state index is 0.495. The van der Waals surface area contributed by atoms with Crippen LogP contribution in [0.25, 0.3) is 0 Å². The number of hydrogen-bond donors (Lipinski definition) is 1. The zero-order valence-electron chi connectivity index (χ0n) is 9.94. The van der Waals surface area contributed by atoms with E-state index in [1.54, 1.807) is 0 Å². The maximum atomic E-state index is 3.36. The van der Waals surface area contributed by atoms with E-state index in [1.807, 2.05) is 7.05 Å². The maximum absolute atomic E-state index is 3.36. The number of aryl methyl sites for hydroxylation is 3. The predicted molar refractivity (Wildman–Crippen MR) is 62.7 cm³/mol. The smallest absolute Gasteiger partial charge is 0.0317 e. The van der Waals surface area contributed by atoms with Gasteiger partial charge in [0.15, 0.2) is 0 Å². The maximum Gasteiger partial charge on any atom is 0.0317 e. The first kappa shape index (κ1) is 11.3. The van der Waals surface area contributed by atoms with E-state index in [9.17, 15) is 0 Å². The number of nitrogens with one attached hydrogen (secondary N) is 1. The van der Waals surface area contributed by atoms with Gasteiger partial charge in [-0.15, -0.1) is 0 Å². The molecule has 0 aliphatic heterocycles. The van der Waals surface area contributed by atoms with E-state index in [-0.39, 0.29) is 0 Å². The van der Waals surface area contributed by atoms with E-state index >= 15 is 0 Å². The molecule has 0 saturated heterocycles. The molecule has 1 atom stereocenters. The first-order valence-electron chi connectivity index (χ1n) is 5.35. The summed E-state index contributed by atoms with van der Waals surface area (Å²) in [6, 6.07) is 5.09. The van der Waals surface area contributed by atoms with Crippen LogP contribution >= 0.6 is 0 Å². The van der Waals surface area contributed by atoms with Crippen LogP contribution in [-0.4, -0.2) is 7.05 Å². The fourth-order valence-electron chi connectivity index (χ4n) is 1.94. The van der Waals surface area contributed by atoms with Gasteiger partial charge in [0.25, 0.3) is 0 Å². The highest BCUT2D eigenvalue weighted by atomic mass is 14.9. The van der Waals surface area contributed by atoms with Crippen molar-refractivity contribution in [3.8, 4) is 0 Å². The third-order valence-electron chi connectivity index (χ3n) is 3.01. The molecule has 1 N–H and O–H groups in total. The molecule has 0 spiro atoms. The van der Waals surface area contributed by atoms with E-state index in [0.717, 1.165) is 6.42 Å². The first-order valence-corrected chi connectivity index (χ1v) is 5.35. The third kappa shape index (κ3) is 2.16. The van der Waals surface area contributed by atoms with Crippen molar-refractivity contribution < 1.29 is 0 Å². The summed E-state index contributed by atoms with van der Waals surface area (Å²) < 4.78 is 0. The van der Waals surface area contributed by atoms with Crippen LogP contribution in [-0.2, 0) is 0 Å². The molecule has 1 aromatic rings. The second-order valence-corrected chi connectivity index (χ2v) is 4.04. The van der Waals surface area contributed by atoms with Crippen molar-refractivity contribution in [3.05, 3.63) is 34.4 Å². The Morgan fingerprint density at radius 2 is 1.64 bits per heavy atom. The first-order chi connectivity index (χ1) is 6.60. The lowest BCUT2D eigenvalue weighted by atomic mass is 9.95. The molecule has 0 bridgehead atoms. The zero-order valence-corrected chi connectivity index (χ0v) is 9.94. The molecule has 78 valence electrons. The van der Waals surface area contributed by atoms with Crippen LogP contribution in [0.15, 0.2) is 12.1 Å². The van der Waals surface area contributed by atoms with E-state index in [0.29, 0.717) is 6.04 Å². The molecule has 0 saturated carbocycles. The van der Waals surface area contributed by atoms with Crippen molar-refractivity contribution in [3.63, 3.8) is 0 Å². The van der Waals surface area contributed by atoms with Gasteiger partial charge in [0.1, 0.15) is 0 Å². The molecule has 0 amide bonds. The quantitative estimate of drug-likeness (QED) is 0.773. The highest BCUT2D eigenvalue weighted by Crippen LogP contribution is 2.23. The van der Waals surface area contributed by atoms with Gasteiger partial charge in [-0.3, -0.25) is 0 Å². The molecule has 1 nitrogen and oxygen atoms in total. The largest absolute Gasteiger partial charge is 0.313 e. The minimum Gasteiger partial charge on any atom is -0.313 e. The second kappa shape index (κ2) is 4.61. The van der Waals surface area contributed by atoms with Crippen molar-refractivity contribution in [1.82, 2.24) is 5.32 Å². The van der Waals surface area contributed by atoms with Gasteiger partial charge in [0.05, 0.1) is 0 Å². The summed E-state index contributed by atoms with van der Waals surface area (Å²) in [6.45, 7) is 8.77. The standard InChI is InChI=1S/C13H21N/c1-6-13(14-5)12-8-10(3)9(2)7-11(12)4/h7-8,13-14H,6H2,1-5H3. The van der Waals surface area contributed by atoms with E-state index in [4.69, 9.17) is 0 Å². The molecule has 0 heterocycles. The summed E-state index contributed by atoms with van der Waals surface area (Å²) in [7, 11) is 2.03. The van der Waals surface area contributed by atoms with Crippen LogP contribution in [0.2, 0.25) is 0 Å². The van der Waals surface area contributed by atoms with Gasteiger partial charge < -0.3 is 5.32 Å². The average molecular weight is 191 g/mol. The summed E-state index contributed by atoms with van der Waals surface area (Å²) in [4.78, 5) is 0. The number of hydrogen-bond acceptors (Lipinski definition) is 1. The van der Waals surface area contributed by atoms with Crippen LogP contribution in [0.4, 0.5) is 0 Å². The Hall–Kier alpha value is -0.820. The van der Waals surface area contributed by atoms with Crippen molar-refractivity contribution in [2.24, 2.45) is 0 Å². The Bertz CT molecular complexity index is 311. The van der Waals surface area contributed by atoms with Gasteiger partial charge >= 0.3 is 0 Å². The van der Waals surface area contributed by atoms with E-state index in [2.05, 4.69) is 45.1 Å². The van der Waals surface area contributed by atoms with Gasteiger partial charge in [0.2, 0.25) is 0 Å². The van der Waals surface area contributed by atoms with Crippen LogP contribution in [0.5, 0.6) is 0 Å². The second-order valence-electron chi connectivity index (χ2n) is 4.04. The summed E-state index contributed by atoms with van der Waals surface area (Å²) in [5.74, 6) is 0. The van der Waals surface area contributed by atoms with E-state index < -0.39 is 0 Å². The predicted octanol–water partition coefficient (Wildman–Crippen LogP) is 3.28. The molecule has 0 aromatic heterocycles. The Balaban J connectivity index is 3.14. The Morgan fingerprint density at radius 3 is 2.14 bits per heavy atom. The molecular weight excluding hydrogens is 170 g/mol. The molecule has 0 radical (unpaired) electrons. The average Bonchev–Trinajstić information content (AvgIpc) is 2.15. The van der Waals surface area contributed by atoms with Gasteiger partial charge in [-0.25, -0.2) is 0 Å². The molecule has 1 rings (SSSR count). The molecule has 0 fully saturated rings. The van der Waals surface area contributed by atoms with Gasteiger partial charge in [-0.05, 0) is 56.5 Å². The lowest BCUT2D eigenvalue weighted by Gasteiger charge is -2.18. The van der Waals surface area contributed by atoms with Crippen LogP contribution < -0.4 is 5.32 Å². The molecule has 14 heavy (non-hydrogen) atoms. The van der Waals surface area contributed by atoms with Crippen molar-refractivity contribution >= 4 is 0 Å². The fraction of sp³-hybridized carbons (Fsp3) is 0.538. The third-order valence-corrected chi connectivity index (χ3v) is 3.01. The molecule has 1 unspecified atom stereocenters. The lowest BCUT2D eigenvalue weighted by molar-refractivity contribution is 0.573. The van der Waals surface area contributed by atoms with E-state index in [1.165, 1.54) is 22.3 Å². The van der Waals surface area contributed by atoms with Crippen LogP contribution in [0.1, 0.15) is 41.6 Å². The summed E-state index contributed by atoms with van der Waals surface area (Å²) in [6.07, 6.45) is 1.14. The van der Waals surface area contributed by atoms with Crippen molar-refractivity contribution in [1.29, 1.82) is 0 Å². The summed E-state index contributed by atoms with van der Waals surface area (Å²) >= 11 is 0. The fourth-order valence-corrected chi connectivity index (χ4v) is 1.94. The van der Waals surface area contributed by atoms with Gasteiger partial charge in [-0.2, -0.15) is 0 Å². The van der Waals surface area contributed by atoms with Crippen molar-refractivity contribution in [2.45, 2.75) is 40.2 Å². The van der Waals surface area contributed by atoms with Gasteiger partial charge in [-0.1, -0.05) is 19.1 Å². The van der Waals surface area contributed by atoms with Crippen LogP contribution in [0.3, 0.4) is 0 Å². The number of benzene rings is 1. The molecule has 1 aromatic carbocycles. The number of rotatable bonds is 3. The SMILES string of the molecule is CCC(NC)c1cc(C)c(C)cc1C. The van der Waals surface area contributed by atoms with Crippen molar-refractivity contribution in [2.75, 3.05) is 7.05 Å². The summed E-state index contributed by atoms with van der Waals surface area (Å²) in [5, 5.41) is 3.36. The molecule has 1 heteroatoms. The monoisotopic (exact) mass is 191 g/mol. The minimum atomic E-state index is 0.495. The zero-order chi connectivity index (χ0) is 10.7. The molecule has 0 aliphatic rings. The van der Waals surface area contributed by atoms with Gasteiger partial charge in [0, 0.05) is 6.04 Å². The lowest BCUT2D eigenvalue weighted by Crippen LogP contribution is -2.16. The molecule has 0 aliphatic carbocycles. The molecular formula is C13H21N. The summed E-state index contributed by atoms with van der Waals surface area (Å²) in [5.41, 5.74) is 5.61. The van der Waals surface area contributed by atoms with Crippen LogP contribution in [0, 0.1) is 20.8 Å². The Morgan fingerprint density at radius 1 is 1.07 bits per heavy atom. The topological polar surface area (TPSA) is 12.0 Å². The highest BCUT2D eigenvalue weighted by molar-refractivity contribution is 5.38. The normalized spacial score (nSPS) is 12.9.